The lowest BCUT2D eigenvalue weighted by Gasteiger charge is -2.42. The first-order chi connectivity index (χ1) is 14.4. The van der Waals surface area contributed by atoms with Crippen LogP contribution in [0.1, 0.15) is 28.8 Å². The number of aliphatic hydroxyl groups is 2. The molecule has 156 valence electrons. The van der Waals surface area contributed by atoms with E-state index in [9.17, 15) is 24.6 Å². The lowest BCUT2D eigenvalue weighted by Crippen LogP contribution is -2.55. The van der Waals surface area contributed by atoms with Gasteiger partial charge in [-0.05, 0) is 17.7 Å². The van der Waals surface area contributed by atoms with Crippen LogP contribution in [0.4, 0.5) is 10.5 Å². The Hall–Kier alpha value is -3.23. The van der Waals surface area contributed by atoms with Crippen LogP contribution in [0.3, 0.4) is 0 Å². The van der Waals surface area contributed by atoms with Crippen molar-refractivity contribution in [3.8, 4) is 0 Å². The van der Waals surface area contributed by atoms with Crippen molar-refractivity contribution in [2.75, 3.05) is 24.5 Å². The summed E-state index contributed by atoms with van der Waals surface area (Å²) in [5.41, 5.74) is -0.102. The molecule has 4 amide bonds. The first kappa shape index (κ1) is 20.1. The molecular weight excluding hydrogens is 386 g/mol. The highest BCUT2D eigenvalue weighted by atomic mass is 16.3. The fraction of sp³-hybridized carbons (Fsp3) is 0.318. The summed E-state index contributed by atoms with van der Waals surface area (Å²) in [6, 6.07) is 15.1. The summed E-state index contributed by atoms with van der Waals surface area (Å²) in [6.07, 6.45) is -0.813. The average molecular weight is 409 g/mol. The first-order valence-electron chi connectivity index (χ1n) is 9.86. The van der Waals surface area contributed by atoms with E-state index in [1.54, 1.807) is 48.5 Å². The second-order valence-corrected chi connectivity index (χ2v) is 7.58. The number of carbonyl (C=O) groups excluding carboxylic acids is 3. The van der Waals surface area contributed by atoms with E-state index in [0.29, 0.717) is 16.8 Å². The normalized spacial score (nSPS) is 24.5. The van der Waals surface area contributed by atoms with Gasteiger partial charge in [-0.2, -0.15) is 0 Å². The zero-order valence-corrected chi connectivity index (χ0v) is 16.3. The molecular formula is C22H23N3O5. The van der Waals surface area contributed by atoms with Gasteiger partial charge in [0.05, 0.1) is 17.8 Å². The Kier molecular flexibility index (Phi) is 5.27. The van der Waals surface area contributed by atoms with Gasteiger partial charge in [0.15, 0.2) is 0 Å². The Morgan fingerprint density at radius 3 is 2.43 bits per heavy atom. The van der Waals surface area contributed by atoms with E-state index in [4.69, 9.17) is 0 Å². The smallest absolute Gasteiger partial charge is 0.328 e. The number of carbonyl (C=O) groups is 3. The average Bonchev–Trinajstić information content (AvgIpc) is 2.76. The molecule has 0 saturated carbocycles. The van der Waals surface area contributed by atoms with Crippen molar-refractivity contribution >= 4 is 23.5 Å². The molecule has 30 heavy (non-hydrogen) atoms. The number of nitrogens with zero attached hydrogens (tertiary/aromatic N) is 2. The maximum Gasteiger partial charge on any atom is 0.328 e. The van der Waals surface area contributed by atoms with E-state index in [-0.39, 0.29) is 44.3 Å². The van der Waals surface area contributed by atoms with Gasteiger partial charge in [0.1, 0.15) is 11.7 Å². The Labute approximate surface area is 173 Å². The molecule has 0 bridgehead atoms. The fourth-order valence-electron chi connectivity index (χ4n) is 4.03. The number of likely N-dealkylation sites (tertiary alicyclic amines) is 1. The monoisotopic (exact) mass is 409 g/mol. The van der Waals surface area contributed by atoms with Crippen molar-refractivity contribution in [3.05, 3.63) is 65.7 Å². The third kappa shape index (κ3) is 3.55. The largest absolute Gasteiger partial charge is 0.388 e. The van der Waals surface area contributed by atoms with Crippen LogP contribution in [0.25, 0.3) is 0 Å². The van der Waals surface area contributed by atoms with Crippen LogP contribution in [0.2, 0.25) is 0 Å². The number of hydrogen-bond acceptors (Lipinski definition) is 5. The van der Waals surface area contributed by atoms with Crippen LogP contribution < -0.4 is 10.2 Å². The van der Waals surface area contributed by atoms with E-state index in [0.717, 1.165) is 0 Å². The molecule has 0 radical (unpaired) electrons. The van der Waals surface area contributed by atoms with Gasteiger partial charge in [-0.1, -0.05) is 42.5 Å². The van der Waals surface area contributed by atoms with E-state index >= 15 is 0 Å². The number of rotatable bonds is 3. The molecule has 2 aliphatic rings. The number of hydrogen-bond donors (Lipinski definition) is 3. The minimum atomic E-state index is -1.43. The molecule has 2 saturated heterocycles. The van der Waals surface area contributed by atoms with Crippen LogP contribution in [0, 0.1) is 0 Å². The summed E-state index contributed by atoms with van der Waals surface area (Å²) in [5, 5.41) is 24.0. The minimum absolute atomic E-state index is 0.0384. The Bertz CT molecular complexity index is 980. The summed E-state index contributed by atoms with van der Waals surface area (Å²) in [7, 11) is 0. The molecule has 2 aliphatic heterocycles. The number of piperidine rings is 1. The standard InChI is InChI=1S/C22H23N3O5/c26-18-14-24(13-11-22(18,30)15-6-2-1-3-7-15)20(28)16-8-4-5-9-17(16)25-12-10-19(27)23-21(25)29/h1-9,18,26,30H,10-14H2,(H,23,27,29)/t18-,22-/m0/s1. The maximum atomic E-state index is 13.2. The predicted octanol–water partition coefficient (Wildman–Crippen LogP) is 1.23. The first-order valence-corrected chi connectivity index (χ1v) is 9.86. The van der Waals surface area contributed by atoms with E-state index in [1.807, 2.05) is 6.07 Å². The molecule has 2 aromatic rings. The predicted molar refractivity (Wildman–Crippen MR) is 109 cm³/mol. The second-order valence-electron chi connectivity index (χ2n) is 7.58. The number of anilines is 1. The van der Waals surface area contributed by atoms with Crippen molar-refractivity contribution in [2.24, 2.45) is 0 Å². The van der Waals surface area contributed by atoms with E-state index < -0.39 is 17.7 Å². The van der Waals surface area contributed by atoms with Crippen LogP contribution >= 0.6 is 0 Å². The molecule has 2 aromatic carbocycles. The molecule has 0 aliphatic carbocycles. The zero-order chi connectivity index (χ0) is 21.3. The summed E-state index contributed by atoms with van der Waals surface area (Å²) in [4.78, 5) is 39.8. The molecule has 3 N–H and O–H groups in total. The Morgan fingerprint density at radius 2 is 1.73 bits per heavy atom. The summed E-state index contributed by atoms with van der Waals surface area (Å²) < 4.78 is 0. The van der Waals surface area contributed by atoms with Gasteiger partial charge >= 0.3 is 6.03 Å². The number of urea groups is 1. The lowest BCUT2D eigenvalue weighted by molar-refractivity contribution is -0.120. The molecule has 2 fully saturated rings. The summed E-state index contributed by atoms with van der Waals surface area (Å²) in [6.45, 7) is 0.398. The van der Waals surface area contributed by atoms with Crippen molar-refractivity contribution in [1.82, 2.24) is 10.2 Å². The summed E-state index contributed by atoms with van der Waals surface area (Å²) >= 11 is 0. The highest BCUT2D eigenvalue weighted by molar-refractivity contribution is 6.09. The SMILES string of the molecule is O=C1CCN(c2ccccc2C(=O)N2CC[C@](O)(c3ccccc3)[C@@H](O)C2)C(=O)N1. The minimum Gasteiger partial charge on any atom is -0.388 e. The Balaban J connectivity index is 1.55. The fourth-order valence-corrected chi connectivity index (χ4v) is 4.03. The number of aliphatic hydroxyl groups excluding tert-OH is 1. The molecule has 0 spiro atoms. The van der Waals surface area contributed by atoms with Crippen LogP contribution in [0.5, 0.6) is 0 Å². The molecule has 0 aromatic heterocycles. The van der Waals surface area contributed by atoms with Crippen LogP contribution in [-0.2, 0) is 10.4 Å². The van der Waals surface area contributed by atoms with Gasteiger partial charge < -0.3 is 15.1 Å². The molecule has 8 nitrogen and oxygen atoms in total. The van der Waals surface area contributed by atoms with Gasteiger partial charge in [-0.15, -0.1) is 0 Å². The van der Waals surface area contributed by atoms with Crippen molar-refractivity contribution in [1.29, 1.82) is 0 Å². The topological polar surface area (TPSA) is 110 Å². The van der Waals surface area contributed by atoms with Crippen LogP contribution in [0.15, 0.2) is 54.6 Å². The molecule has 2 heterocycles. The van der Waals surface area contributed by atoms with Crippen molar-refractivity contribution < 1.29 is 24.6 Å². The van der Waals surface area contributed by atoms with Gasteiger partial charge in [-0.25, -0.2) is 4.79 Å². The third-order valence-electron chi connectivity index (χ3n) is 5.75. The summed E-state index contributed by atoms with van der Waals surface area (Å²) in [5.74, 6) is -0.691. The third-order valence-corrected chi connectivity index (χ3v) is 5.75. The number of imide groups is 1. The van der Waals surface area contributed by atoms with Gasteiger partial charge in [0.25, 0.3) is 5.91 Å². The number of β-amino-alcohol motifs (C(OH)–C–C–N with tert-alkyl or cyclic N) is 1. The van der Waals surface area contributed by atoms with Crippen molar-refractivity contribution in [2.45, 2.75) is 24.5 Å². The second kappa shape index (κ2) is 7.89. The van der Waals surface area contributed by atoms with Gasteiger partial charge in [0.2, 0.25) is 5.91 Å². The molecule has 0 unspecified atom stereocenters. The highest BCUT2D eigenvalue weighted by Gasteiger charge is 2.43. The Morgan fingerprint density at radius 1 is 1.03 bits per heavy atom. The number of para-hydroxylation sites is 1. The van der Waals surface area contributed by atoms with E-state index in [1.165, 1.54) is 9.80 Å². The molecule has 8 heteroatoms. The quantitative estimate of drug-likeness (QED) is 0.706. The highest BCUT2D eigenvalue weighted by Crippen LogP contribution is 2.34. The van der Waals surface area contributed by atoms with Gasteiger partial charge in [-0.3, -0.25) is 19.8 Å². The van der Waals surface area contributed by atoms with Crippen LogP contribution in [-0.4, -0.2) is 58.7 Å². The molecule has 2 atom stereocenters. The lowest BCUT2D eigenvalue weighted by atomic mass is 9.82. The van der Waals surface area contributed by atoms with Crippen molar-refractivity contribution in [3.63, 3.8) is 0 Å². The van der Waals surface area contributed by atoms with E-state index in [2.05, 4.69) is 5.32 Å². The number of nitrogens with one attached hydrogen (secondary N) is 1. The molecule has 4 rings (SSSR count). The number of amides is 4. The zero-order valence-electron chi connectivity index (χ0n) is 16.3. The number of benzene rings is 2. The maximum absolute atomic E-state index is 13.2. The van der Waals surface area contributed by atoms with Gasteiger partial charge in [0, 0.05) is 25.9 Å².